The molecule has 0 aromatic carbocycles. The van der Waals surface area contributed by atoms with Crippen LogP contribution in [0.3, 0.4) is 0 Å². The van der Waals surface area contributed by atoms with Gasteiger partial charge in [0.15, 0.2) is 5.82 Å². The first-order valence-electron chi connectivity index (χ1n) is 4.74. The minimum atomic E-state index is -0.137. The molecule has 1 aromatic heterocycles. The SMILES string of the molecule is CCn1nnnc1CC1CCC1O. The van der Waals surface area contributed by atoms with E-state index < -0.39 is 0 Å². The van der Waals surface area contributed by atoms with Crippen LogP contribution in [0.2, 0.25) is 0 Å². The van der Waals surface area contributed by atoms with Crippen molar-refractivity contribution in [3.63, 3.8) is 0 Å². The summed E-state index contributed by atoms with van der Waals surface area (Å²) in [5.74, 6) is 1.27. The van der Waals surface area contributed by atoms with Crippen molar-refractivity contribution in [2.24, 2.45) is 5.92 Å². The fourth-order valence-corrected chi connectivity index (χ4v) is 1.64. The summed E-state index contributed by atoms with van der Waals surface area (Å²) >= 11 is 0. The normalized spacial score (nSPS) is 27.2. The lowest BCUT2D eigenvalue weighted by molar-refractivity contribution is 0.0228. The highest BCUT2D eigenvalue weighted by Crippen LogP contribution is 2.29. The van der Waals surface area contributed by atoms with Crippen LogP contribution in [0.25, 0.3) is 0 Å². The predicted octanol–water partition coefficient (Wildman–Crippen LogP) is 0.00640. The molecule has 2 rings (SSSR count). The number of aliphatic hydroxyl groups is 1. The molecule has 0 aliphatic heterocycles. The van der Waals surface area contributed by atoms with Gasteiger partial charge in [-0.25, -0.2) is 4.68 Å². The summed E-state index contributed by atoms with van der Waals surface area (Å²) in [5, 5.41) is 20.8. The molecular weight excluding hydrogens is 168 g/mol. The van der Waals surface area contributed by atoms with Gasteiger partial charge in [-0.3, -0.25) is 0 Å². The maximum absolute atomic E-state index is 9.39. The average molecular weight is 182 g/mol. The third-order valence-electron chi connectivity index (χ3n) is 2.73. The van der Waals surface area contributed by atoms with Crippen LogP contribution in [0, 0.1) is 5.92 Å². The number of hydrogen-bond acceptors (Lipinski definition) is 4. The zero-order valence-electron chi connectivity index (χ0n) is 7.72. The molecule has 1 aromatic rings. The minimum Gasteiger partial charge on any atom is -0.393 e. The molecule has 1 fully saturated rings. The summed E-state index contributed by atoms with van der Waals surface area (Å²) in [6.45, 7) is 2.81. The van der Waals surface area contributed by atoms with Crippen LogP contribution < -0.4 is 0 Å². The number of aliphatic hydroxyl groups excluding tert-OH is 1. The van der Waals surface area contributed by atoms with E-state index in [-0.39, 0.29) is 6.10 Å². The fourth-order valence-electron chi connectivity index (χ4n) is 1.64. The Morgan fingerprint density at radius 1 is 1.54 bits per heavy atom. The van der Waals surface area contributed by atoms with E-state index in [0.29, 0.717) is 5.92 Å². The Labute approximate surface area is 76.8 Å². The molecule has 0 amide bonds. The molecule has 2 unspecified atom stereocenters. The Bertz CT molecular complexity index is 285. The summed E-state index contributed by atoms with van der Waals surface area (Å²) in [5.41, 5.74) is 0. The van der Waals surface area contributed by atoms with Gasteiger partial charge in [-0.2, -0.15) is 0 Å². The fraction of sp³-hybridized carbons (Fsp3) is 0.875. The van der Waals surface area contributed by atoms with Crippen LogP contribution in [0.4, 0.5) is 0 Å². The van der Waals surface area contributed by atoms with Crippen molar-refractivity contribution in [3.05, 3.63) is 5.82 Å². The molecule has 1 aliphatic rings. The van der Waals surface area contributed by atoms with Gasteiger partial charge in [-0.05, 0) is 36.1 Å². The van der Waals surface area contributed by atoms with Crippen molar-refractivity contribution < 1.29 is 5.11 Å². The van der Waals surface area contributed by atoms with Crippen molar-refractivity contribution >= 4 is 0 Å². The first kappa shape index (κ1) is 8.62. The van der Waals surface area contributed by atoms with Crippen molar-refractivity contribution in [1.29, 1.82) is 0 Å². The molecule has 5 nitrogen and oxygen atoms in total. The standard InChI is InChI=1S/C8H14N4O/c1-2-12-8(9-10-11-12)5-6-3-4-7(6)13/h6-7,13H,2-5H2,1H3. The molecule has 1 aliphatic carbocycles. The molecule has 72 valence electrons. The van der Waals surface area contributed by atoms with Crippen molar-refractivity contribution in [3.8, 4) is 0 Å². The largest absolute Gasteiger partial charge is 0.393 e. The first-order valence-corrected chi connectivity index (χ1v) is 4.74. The minimum absolute atomic E-state index is 0.137. The van der Waals surface area contributed by atoms with Crippen LogP contribution in [-0.2, 0) is 13.0 Å². The number of aryl methyl sites for hydroxylation is 1. The predicted molar refractivity (Wildman–Crippen MR) is 45.9 cm³/mol. The summed E-state index contributed by atoms with van der Waals surface area (Å²) in [7, 11) is 0. The van der Waals surface area contributed by atoms with Crippen LogP contribution in [-0.4, -0.2) is 31.4 Å². The van der Waals surface area contributed by atoms with Gasteiger partial charge in [0.25, 0.3) is 0 Å². The van der Waals surface area contributed by atoms with E-state index in [1.807, 2.05) is 6.92 Å². The monoisotopic (exact) mass is 182 g/mol. The summed E-state index contributed by atoms with van der Waals surface area (Å²) < 4.78 is 1.78. The van der Waals surface area contributed by atoms with Gasteiger partial charge < -0.3 is 5.11 Å². The number of aromatic nitrogens is 4. The number of nitrogens with zero attached hydrogens (tertiary/aromatic N) is 4. The van der Waals surface area contributed by atoms with Crippen molar-refractivity contribution in [2.75, 3.05) is 0 Å². The molecule has 0 bridgehead atoms. The second kappa shape index (κ2) is 3.41. The van der Waals surface area contributed by atoms with E-state index in [2.05, 4.69) is 15.5 Å². The van der Waals surface area contributed by atoms with Crippen LogP contribution >= 0.6 is 0 Å². The Hall–Kier alpha value is -0.970. The van der Waals surface area contributed by atoms with Crippen molar-refractivity contribution in [2.45, 2.75) is 38.8 Å². The summed E-state index contributed by atoms with van der Waals surface area (Å²) in [6, 6.07) is 0. The molecule has 13 heavy (non-hydrogen) atoms. The Morgan fingerprint density at radius 2 is 2.38 bits per heavy atom. The van der Waals surface area contributed by atoms with Crippen LogP contribution in [0.5, 0.6) is 0 Å². The molecular formula is C8H14N4O. The summed E-state index contributed by atoms with van der Waals surface area (Å²) in [4.78, 5) is 0. The molecule has 2 atom stereocenters. The van der Waals surface area contributed by atoms with E-state index in [1.165, 1.54) is 0 Å². The molecule has 1 saturated carbocycles. The second-order valence-corrected chi connectivity index (χ2v) is 3.52. The van der Waals surface area contributed by atoms with Gasteiger partial charge in [0.2, 0.25) is 0 Å². The highest BCUT2D eigenvalue weighted by molar-refractivity contribution is 4.91. The van der Waals surface area contributed by atoms with E-state index in [9.17, 15) is 5.11 Å². The van der Waals surface area contributed by atoms with Crippen molar-refractivity contribution in [1.82, 2.24) is 20.2 Å². The molecule has 0 spiro atoms. The Morgan fingerprint density at radius 3 is 2.92 bits per heavy atom. The lowest BCUT2D eigenvalue weighted by Crippen LogP contribution is -2.33. The quantitative estimate of drug-likeness (QED) is 0.715. The molecule has 1 N–H and O–H groups in total. The van der Waals surface area contributed by atoms with Gasteiger partial charge in [0.1, 0.15) is 0 Å². The van der Waals surface area contributed by atoms with Gasteiger partial charge >= 0.3 is 0 Å². The number of tetrazole rings is 1. The maximum atomic E-state index is 9.39. The zero-order chi connectivity index (χ0) is 9.26. The number of rotatable bonds is 3. The first-order chi connectivity index (χ1) is 6.31. The van der Waals surface area contributed by atoms with Gasteiger partial charge in [-0.15, -0.1) is 5.10 Å². The second-order valence-electron chi connectivity index (χ2n) is 3.52. The van der Waals surface area contributed by atoms with E-state index >= 15 is 0 Å². The lowest BCUT2D eigenvalue weighted by atomic mass is 9.79. The highest BCUT2D eigenvalue weighted by atomic mass is 16.3. The smallest absolute Gasteiger partial charge is 0.151 e. The topological polar surface area (TPSA) is 63.8 Å². The highest BCUT2D eigenvalue weighted by Gasteiger charge is 2.30. The molecule has 0 radical (unpaired) electrons. The van der Waals surface area contributed by atoms with Gasteiger partial charge in [0.05, 0.1) is 6.10 Å². The maximum Gasteiger partial charge on any atom is 0.151 e. The zero-order valence-corrected chi connectivity index (χ0v) is 7.72. The van der Waals surface area contributed by atoms with E-state index in [0.717, 1.165) is 31.6 Å². The number of hydrogen-bond donors (Lipinski definition) is 1. The van der Waals surface area contributed by atoms with E-state index in [1.54, 1.807) is 4.68 Å². The Kier molecular flexibility index (Phi) is 2.26. The lowest BCUT2D eigenvalue weighted by Gasteiger charge is -2.31. The third-order valence-corrected chi connectivity index (χ3v) is 2.73. The van der Waals surface area contributed by atoms with Gasteiger partial charge in [0, 0.05) is 13.0 Å². The van der Waals surface area contributed by atoms with Gasteiger partial charge in [-0.1, -0.05) is 0 Å². The van der Waals surface area contributed by atoms with Crippen LogP contribution in [0.1, 0.15) is 25.6 Å². The molecule has 1 heterocycles. The molecule has 5 heteroatoms. The average Bonchev–Trinajstić information content (AvgIpc) is 2.58. The van der Waals surface area contributed by atoms with E-state index in [4.69, 9.17) is 0 Å². The Balaban J connectivity index is 2.00. The summed E-state index contributed by atoms with van der Waals surface area (Å²) in [6.07, 6.45) is 2.69. The third kappa shape index (κ3) is 1.56. The molecule has 0 saturated heterocycles. The van der Waals surface area contributed by atoms with Crippen LogP contribution in [0.15, 0.2) is 0 Å².